The number of carbonyl (C=O) groups is 5. The Labute approximate surface area is 327 Å². The lowest BCUT2D eigenvalue weighted by Crippen LogP contribution is -2.68. The molecule has 4 rings (SSSR count). The highest BCUT2D eigenvalue weighted by Gasteiger charge is 2.56. The summed E-state index contributed by atoms with van der Waals surface area (Å²) in [5.41, 5.74) is -2.97. The Morgan fingerprint density at radius 1 is 0.717 bits per heavy atom. The lowest BCUT2D eigenvalue weighted by atomic mass is 9.83. The fraction of sp³-hybridized carbons (Fsp3) is 0.553. The van der Waals surface area contributed by atoms with Crippen LogP contribution in [0.5, 0.6) is 0 Å². The molecule has 0 aliphatic carbocycles. The van der Waals surface area contributed by atoms with Crippen molar-refractivity contribution >= 4 is 61.6 Å². The van der Waals surface area contributed by atoms with E-state index >= 15 is 0 Å². The number of halogens is 2. The number of benzene rings is 2. The first kappa shape index (κ1) is 42.2. The fourth-order valence-electron chi connectivity index (χ4n) is 6.58. The van der Waals surface area contributed by atoms with Crippen LogP contribution in [0.25, 0.3) is 0 Å². The zero-order valence-electron chi connectivity index (χ0n) is 31.3. The summed E-state index contributed by atoms with van der Waals surface area (Å²) in [5, 5.41) is 11.5. The van der Waals surface area contributed by atoms with Gasteiger partial charge in [0, 0.05) is 21.8 Å². The Morgan fingerprint density at radius 2 is 1.13 bits per heavy atom. The Kier molecular flexibility index (Phi) is 13.8. The third-order valence-electron chi connectivity index (χ3n) is 9.33. The van der Waals surface area contributed by atoms with Crippen LogP contribution in [0.4, 0.5) is 4.79 Å². The van der Waals surface area contributed by atoms with Crippen LogP contribution in [0.1, 0.15) is 84.6 Å². The number of alkyl carbamates (subject to hydrolysis) is 1. The van der Waals surface area contributed by atoms with Crippen molar-refractivity contribution in [2.45, 2.75) is 102 Å². The number of hydrogen-bond donors (Lipinski definition) is 4. The van der Waals surface area contributed by atoms with Crippen LogP contribution in [-0.2, 0) is 38.1 Å². The second kappa shape index (κ2) is 17.3. The van der Waals surface area contributed by atoms with E-state index in [0.717, 1.165) is 8.95 Å². The molecule has 53 heavy (non-hydrogen) atoms. The maximum atomic E-state index is 14.6. The van der Waals surface area contributed by atoms with Crippen molar-refractivity contribution in [3.05, 3.63) is 68.6 Å². The zero-order valence-corrected chi connectivity index (χ0v) is 34.5. The molecule has 0 radical (unpaired) electrons. The number of methoxy groups -OCH3 is 1. The number of amides is 4. The van der Waals surface area contributed by atoms with E-state index in [1.54, 1.807) is 97.0 Å². The van der Waals surface area contributed by atoms with Crippen LogP contribution in [0, 0.1) is 11.8 Å². The molecule has 15 heteroatoms. The van der Waals surface area contributed by atoms with E-state index in [0.29, 0.717) is 11.1 Å². The Bertz CT molecular complexity index is 1650. The molecule has 2 aromatic carbocycles. The van der Waals surface area contributed by atoms with Gasteiger partial charge in [0.05, 0.1) is 20.3 Å². The van der Waals surface area contributed by atoms with Crippen molar-refractivity contribution in [2.24, 2.45) is 11.8 Å². The summed E-state index contributed by atoms with van der Waals surface area (Å²) < 4.78 is 24.4. The molecule has 4 amide bonds. The summed E-state index contributed by atoms with van der Waals surface area (Å²) in [6, 6.07) is 12.1. The van der Waals surface area contributed by atoms with Gasteiger partial charge >= 0.3 is 12.1 Å². The van der Waals surface area contributed by atoms with Gasteiger partial charge in [-0.05, 0) is 68.0 Å². The van der Waals surface area contributed by atoms with Crippen molar-refractivity contribution in [2.75, 3.05) is 20.3 Å². The summed E-state index contributed by atoms with van der Waals surface area (Å²) >= 11 is 6.87. The molecule has 13 nitrogen and oxygen atoms in total. The van der Waals surface area contributed by atoms with Crippen LogP contribution >= 0.6 is 31.9 Å². The van der Waals surface area contributed by atoms with Crippen LogP contribution < -0.4 is 21.3 Å². The number of esters is 1. The van der Waals surface area contributed by atoms with E-state index in [-0.39, 0.29) is 32.0 Å². The molecule has 0 spiro atoms. The minimum atomic E-state index is -1.69. The van der Waals surface area contributed by atoms with Gasteiger partial charge in [0.25, 0.3) is 0 Å². The standard InChI is InChI=1S/C38H50Br2N4O9/c1-21(2)27(41-34(48)38(44-35(49)53-36(5,6)7)18-20-52-30(38)24-11-15-26(40)16-12-24)31(45)43-37(33(47)42-28(22(3)4)32(46)50-8)17-19-51-29(37)23-9-13-25(39)14-10-23/h9-16,21-22,27-30H,17-20H2,1-8H3,(H,41,48)(H,42,47)(H,43,45)(H,44,49)/t27-,28-,29-,30-,37+,38+/m1/s1. The first-order valence-corrected chi connectivity index (χ1v) is 19.2. The molecule has 0 aromatic heterocycles. The SMILES string of the molecule is COC(=O)[C@H](NC(=O)[C@]1(NC(=O)[C@H](NC(=O)[C@]2(NC(=O)OC(C)(C)C)CCO[C@@H]2c2ccc(Br)cc2)C(C)C)CCO[C@@H]1c1ccc(Br)cc1)C(C)C. The molecule has 290 valence electrons. The number of hydrogen-bond acceptors (Lipinski definition) is 9. The highest BCUT2D eigenvalue weighted by molar-refractivity contribution is 9.10. The summed E-state index contributed by atoms with van der Waals surface area (Å²) in [5.74, 6) is -3.44. The van der Waals surface area contributed by atoms with E-state index < -0.39 is 76.7 Å². The van der Waals surface area contributed by atoms with E-state index in [1.807, 2.05) is 0 Å². The minimum absolute atomic E-state index is 0.0691. The second-order valence-electron chi connectivity index (χ2n) is 15.1. The molecule has 2 aromatic rings. The predicted octanol–water partition coefficient (Wildman–Crippen LogP) is 5.41. The van der Waals surface area contributed by atoms with Gasteiger partial charge in [-0.2, -0.15) is 0 Å². The highest BCUT2D eigenvalue weighted by Crippen LogP contribution is 2.41. The van der Waals surface area contributed by atoms with Crippen molar-refractivity contribution in [1.29, 1.82) is 0 Å². The molecule has 2 heterocycles. The van der Waals surface area contributed by atoms with E-state index in [9.17, 15) is 24.0 Å². The maximum Gasteiger partial charge on any atom is 0.408 e. The van der Waals surface area contributed by atoms with E-state index in [2.05, 4.69) is 53.1 Å². The molecule has 0 unspecified atom stereocenters. The lowest BCUT2D eigenvalue weighted by molar-refractivity contribution is -0.148. The number of carbonyl (C=O) groups excluding carboxylic acids is 5. The van der Waals surface area contributed by atoms with Crippen LogP contribution in [-0.4, -0.2) is 78.9 Å². The molecular weight excluding hydrogens is 816 g/mol. The number of ether oxygens (including phenoxy) is 4. The average Bonchev–Trinajstić information content (AvgIpc) is 3.70. The van der Waals surface area contributed by atoms with Gasteiger partial charge < -0.3 is 40.2 Å². The van der Waals surface area contributed by atoms with Crippen molar-refractivity contribution < 1.29 is 42.9 Å². The zero-order chi connectivity index (χ0) is 39.3. The summed E-state index contributed by atoms with van der Waals surface area (Å²) in [6.45, 7) is 12.4. The van der Waals surface area contributed by atoms with Gasteiger partial charge in [-0.25, -0.2) is 9.59 Å². The molecule has 6 atom stereocenters. The summed E-state index contributed by atoms with van der Waals surface area (Å²) in [7, 11) is 1.24. The molecule has 4 N–H and O–H groups in total. The highest BCUT2D eigenvalue weighted by atomic mass is 79.9. The van der Waals surface area contributed by atoms with Gasteiger partial charge in [0.1, 0.15) is 29.9 Å². The van der Waals surface area contributed by atoms with Gasteiger partial charge in [0.2, 0.25) is 17.7 Å². The van der Waals surface area contributed by atoms with Gasteiger partial charge in [-0.15, -0.1) is 0 Å². The number of rotatable bonds is 12. The third kappa shape index (κ3) is 9.78. The maximum absolute atomic E-state index is 14.6. The molecule has 2 aliphatic heterocycles. The largest absolute Gasteiger partial charge is 0.467 e. The van der Waals surface area contributed by atoms with Gasteiger partial charge in [-0.1, -0.05) is 83.8 Å². The van der Waals surface area contributed by atoms with E-state index in [1.165, 1.54) is 7.11 Å². The third-order valence-corrected chi connectivity index (χ3v) is 10.4. The monoisotopic (exact) mass is 864 g/mol. The fourth-order valence-corrected chi connectivity index (χ4v) is 7.11. The van der Waals surface area contributed by atoms with Crippen LogP contribution in [0.15, 0.2) is 57.5 Å². The van der Waals surface area contributed by atoms with Crippen molar-refractivity contribution in [3.8, 4) is 0 Å². The first-order chi connectivity index (χ1) is 24.8. The topological polar surface area (TPSA) is 170 Å². The Morgan fingerprint density at radius 3 is 1.53 bits per heavy atom. The smallest absolute Gasteiger partial charge is 0.408 e. The molecule has 2 fully saturated rings. The lowest BCUT2D eigenvalue weighted by Gasteiger charge is -2.38. The van der Waals surface area contributed by atoms with Crippen molar-refractivity contribution in [1.82, 2.24) is 21.3 Å². The Hall–Kier alpha value is -3.53. The summed E-state index contributed by atoms with van der Waals surface area (Å²) in [6.07, 6.45) is -2.54. The number of nitrogens with one attached hydrogen (secondary N) is 4. The van der Waals surface area contributed by atoms with E-state index in [4.69, 9.17) is 18.9 Å². The van der Waals surface area contributed by atoms with Crippen LogP contribution in [0.3, 0.4) is 0 Å². The second-order valence-corrected chi connectivity index (χ2v) is 16.9. The predicted molar refractivity (Wildman–Crippen MR) is 203 cm³/mol. The van der Waals surface area contributed by atoms with Gasteiger partial charge in [0.15, 0.2) is 11.1 Å². The Balaban J connectivity index is 1.72. The normalized spacial score (nSPS) is 23.9. The molecule has 0 bridgehead atoms. The first-order valence-electron chi connectivity index (χ1n) is 17.6. The minimum Gasteiger partial charge on any atom is -0.467 e. The van der Waals surface area contributed by atoms with Crippen molar-refractivity contribution in [3.63, 3.8) is 0 Å². The molecule has 2 saturated heterocycles. The molecule has 0 saturated carbocycles. The van der Waals surface area contributed by atoms with Gasteiger partial charge in [-0.3, -0.25) is 14.4 Å². The van der Waals surface area contributed by atoms with Crippen LogP contribution in [0.2, 0.25) is 0 Å². The summed E-state index contributed by atoms with van der Waals surface area (Å²) in [4.78, 5) is 69.6. The average molecular weight is 867 g/mol. The molecular formula is C38H50Br2N4O9. The molecule has 2 aliphatic rings. The quantitative estimate of drug-likeness (QED) is 0.204.